The maximum absolute atomic E-state index is 12.0. The Balaban J connectivity index is 2.80. The van der Waals surface area contributed by atoms with Crippen molar-refractivity contribution >= 4 is 39.8 Å². The summed E-state index contributed by atoms with van der Waals surface area (Å²) in [6.07, 6.45) is -3.74. The number of carbonyl (C=O) groups is 1. The summed E-state index contributed by atoms with van der Waals surface area (Å²) < 4.78 is 36.7. The van der Waals surface area contributed by atoms with Crippen molar-refractivity contribution in [1.82, 2.24) is 0 Å². The number of aliphatic imine (C=N–C) groups is 1. The van der Waals surface area contributed by atoms with Gasteiger partial charge in [-0.05, 0) is 18.2 Å². The highest BCUT2D eigenvalue weighted by Gasteiger charge is 2.33. The first-order valence-corrected chi connectivity index (χ1v) is 5.55. The third-order valence-corrected chi connectivity index (χ3v) is 2.48. The molecule has 0 heterocycles. The van der Waals surface area contributed by atoms with Gasteiger partial charge < -0.3 is 5.41 Å². The van der Waals surface area contributed by atoms with Gasteiger partial charge in [0.15, 0.2) is 6.29 Å². The quantitative estimate of drug-likeness (QED) is 0.663. The van der Waals surface area contributed by atoms with E-state index in [4.69, 9.17) is 5.41 Å². The minimum absolute atomic E-state index is 0.263. The molecule has 0 aromatic heterocycles. The van der Waals surface area contributed by atoms with Crippen LogP contribution < -0.4 is 0 Å². The normalized spacial score (nSPS) is 11.8. The van der Waals surface area contributed by atoms with Crippen molar-refractivity contribution in [3.63, 3.8) is 0 Å². The fraction of sp³-hybridized carbons (Fsp3) is 0.182. The van der Waals surface area contributed by atoms with Crippen LogP contribution in [0.2, 0.25) is 0 Å². The molecule has 96 valence electrons. The number of hydrogen-bond donors (Lipinski definition) is 1. The number of hydrogen-bond acceptors (Lipinski definition) is 3. The van der Waals surface area contributed by atoms with E-state index < -0.39 is 18.3 Å². The monoisotopic (exact) mass is 320 g/mol. The molecule has 0 saturated heterocycles. The lowest BCUT2D eigenvalue weighted by Crippen LogP contribution is -2.21. The number of nitrogens with zero attached hydrogens (tertiary/aromatic N) is 1. The van der Waals surface area contributed by atoms with Gasteiger partial charge in [0.05, 0.1) is 5.69 Å². The van der Waals surface area contributed by atoms with Gasteiger partial charge in [0.2, 0.25) is 0 Å². The van der Waals surface area contributed by atoms with Crippen molar-refractivity contribution in [2.75, 3.05) is 0 Å². The van der Waals surface area contributed by atoms with E-state index in [9.17, 15) is 18.0 Å². The van der Waals surface area contributed by atoms with Crippen LogP contribution in [-0.4, -0.2) is 24.4 Å². The zero-order chi connectivity index (χ0) is 13.8. The first kappa shape index (κ1) is 14.6. The van der Waals surface area contributed by atoms with Gasteiger partial charge in [-0.1, -0.05) is 15.9 Å². The highest BCUT2D eigenvalue weighted by Crippen LogP contribution is 2.22. The SMILES string of the molecule is N=C(CC=Nc1ccc(Br)cc1C=O)C(F)(F)F. The second kappa shape index (κ2) is 5.90. The Morgan fingerprint density at radius 1 is 1.44 bits per heavy atom. The molecular formula is C11H8BrF3N2O. The van der Waals surface area contributed by atoms with E-state index in [0.717, 1.165) is 6.21 Å². The highest BCUT2D eigenvalue weighted by atomic mass is 79.9. The number of nitrogens with one attached hydrogen (secondary N) is 1. The Morgan fingerprint density at radius 3 is 2.67 bits per heavy atom. The standard InChI is InChI=1S/C11H8BrF3N2O/c12-8-1-2-9(7(5-8)6-18)17-4-3-10(16)11(13,14)15/h1-2,4-6,16H,3H2. The minimum Gasteiger partial charge on any atom is -0.300 e. The van der Waals surface area contributed by atoms with E-state index in [1.54, 1.807) is 6.07 Å². The predicted molar refractivity (Wildman–Crippen MR) is 66.1 cm³/mol. The average molecular weight is 321 g/mol. The third kappa shape index (κ3) is 4.06. The number of alkyl halides is 3. The molecular weight excluding hydrogens is 313 g/mol. The van der Waals surface area contributed by atoms with Crippen LogP contribution in [0.25, 0.3) is 0 Å². The predicted octanol–water partition coefficient (Wildman–Crippen LogP) is 3.94. The summed E-state index contributed by atoms with van der Waals surface area (Å²) in [4.78, 5) is 14.5. The zero-order valence-corrected chi connectivity index (χ0v) is 10.5. The molecule has 18 heavy (non-hydrogen) atoms. The molecule has 0 amide bonds. The minimum atomic E-state index is -4.64. The molecule has 0 aliphatic heterocycles. The summed E-state index contributed by atoms with van der Waals surface area (Å²) in [6.45, 7) is 0. The second-order valence-corrected chi connectivity index (χ2v) is 4.23. The van der Waals surface area contributed by atoms with Gasteiger partial charge in [0, 0.05) is 22.7 Å². The first-order valence-electron chi connectivity index (χ1n) is 4.76. The number of carbonyl (C=O) groups excluding carboxylic acids is 1. The molecule has 1 N–H and O–H groups in total. The van der Waals surface area contributed by atoms with Gasteiger partial charge in [-0.15, -0.1) is 0 Å². The zero-order valence-electron chi connectivity index (χ0n) is 8.96. The molecule has 1 rings (SSSR count). The van der Waals surface area contributed by atoms with Crippen molar-refractivity contribution in [3.8, 4) is 0 Å². The number of halogens is 4. The molecule has 0 unspecified atom stereocenters. The van der Waals surface area contributed by atoms with Crippen molar-refractivity contribution in [2.24, 2.45) is 4.99 Å². The fourth-order valence-corrected chi connectivity index (χ4v) is 1.47. The third-order valence-electron chi connectivity index (χ3n) is 1.98. The highest BCUT2D eigenvalue weighted by molar-refractivity contribution is 9.10. The molecule has 0 aliphatic carbocycles. The van der Waals surface area contributed by atoms with Crippen LogP contribution in [0.3, 0.4) is 0 Å². The molecule has 1 aromatic rings. The molecule has 7 heteroatoms. The number of rotatable bonds is 4. The largest absolute Gasteiger partial charge is 0.429 e. The van der Waals surface area contributed by atoms with Gasteiger partial charge in [-0.3, -0.25) is 9.79 Å². The molecule has 0 atom stereocenters. The fourth-order valence-electron chi connectivity index (χ4n) is 1.09. The summed E-state index contributed by atoms with van der Waals surface area (Å²) in [7, 11) is 0. The van der Waals surface area contributed by atoms with Crippen LogP contribution >= 0.6 is 15.9 Å². The van der Waals surface area contributed by atoms with Crippen LogP contribution in [0.4, 0.5) is 18.9 Å². The smallest absolute Gasteiger partial charge is 0.300 e. The van der Waals surface area contributed by atoms with Gasteiger partial charge in [0.1, 0.15) is 5.71 Å². The van der Waals surface area contributed by atoms with E-state index in [1.807, 2.05) is 0 Å². The molecule has 1 aromatic carbocycles. The number of benzene rings is 1. The molecule has 3 nitrogen and oxygen atoms in total. The van der Waals surface area contributed by atoms with Crippen molar-refractivity contribution in [1.29, 1.82) is 5.41 Å². The molecule has 0 bridgehead atoms. The van der Waals surface area contributed by atoms with Crippen LogP contribution in [0, 0.1) is 5.41 Å². The lowest BCUT2D eigenvalue weighted by Gasteiger charge is -2.04. The molecule has 0 aliphatic rings. The van der Waals surface area contributed by atoms with Crippen molar-refractivity contribution < 1.29 is 18.0 Å². The maximum Gasteiger partial charge on any atom is 0.429 e. The van der Waals surface area contributed by atoms with E-state index in [2.05, 4.69) is 20.9 Å². The number of aldehydes is 1. The van der Waals surface area contributed by atoms with Gasteiger partial charge in [-0.2, -0.15) is 13.2 Å². The van der Waals surface area contributed by atoms with Crippen LogP contribution in [0.1, 0.15) is 16.8 Å². The van der Waals surface area contributed by atoms with Crippen LogP contribution in [0.5, 0.6) is 0 Å². The Kier molecular flexibility index (Phi) is 4.77. The first-order chi connectivity index (χ1) is 8.34. The van der Waals surface area contributed by atoms with Crippen LogP contribution in [0.15, 0.2) is 27.7 Å². The summed E-state index contributed by atoms with van der Waals surface area (Å²) in [5, 5.41) is 6.75. The van der Waals surface area contributed by atoms with E-state index in [-0.39, 0.29) is 11.3 Å². The summed E-state index contributed by atoms with van der Waals surface area (Å²) in [5.74, 6) is 0. The lowest BCUT2D eigenvalue weighted by molar-refractivity contribution is -0.0604. The summed E-state index contributed by atoms with van der Waals surface area (Å²) in [5.41, 5.74) is -0.849. The van der Waals surface area contributed by atoms with E-state index >= 15 is 0 Å². The Hall–Kier alpha value is -1.50. The molecule has 0 spiro atoms. The topological polar surface area (TPSA) is 53.3 Å². The van der Waals surface area contributed by atoms with Crippen molar-refractivity contribution in [3.05, 3.63) is 28.2 Å². The van der Waals surface area contributed by atoms with Crippen LogP contribution in [-0.2, 0) is 0 Å². The van der Waals surface area contributed by atoms with Gasteiger partial charge >= 0.3 is 6.18 Å². The Morgan fingerprint density at radius 2 is 2.11 bits per heavy atom. The summed E-state index contributed by atoms with van der Waals surface area (Å²) in [6, 6.07) is 4.63. The Labute approximate surface area is 109 Å². The average Bonchev–Trinajstić information content (AvgIpc) is 2.29. The maximum atomic E-state index is 12.0. The molecule has 0 fully saturated rings. The van der Waals surface area contributed by atoms with Gasteiger partial charge in [0.25, 0.3) is 0 Å². The Bertz CT molecular complexity index is 498. The van der Waals surface area contributed by atoms with Crippen molar-refractivity contribution in [2.45, 2.75) is 12.6 Å². The summed E-state index contributed by atoms with van der Waals surface area (Å²) >= 11 is 3.16. The second-order valence-electron chi connectivity index (χ2n) is 3.31. The van der Waals surface area contributed by atoms with E-state index in [0.29, 0.717) is 10.8 Å². The molecule has 0 saturated carbocycles. The lowest BCUT2D eigenvalue weighted by atomic mass is 10.2. The van der Waals surface area contributed by atoms with E-state index in [1.165, 1.54) is 12.1 Å². The van der Waals surface area contributed by atoms with Gasteiger partial charge in [-0.25, -0.2) is 0 Å². The molecule has 0 radical (unpaired) electrons.